The molecule has 0 spiro atoms. The molecule has 2 N–H and O–H groups in total. The van der Waals surface area contributed by atoms with Crippen molar-refractivity contribution in [3.05, 3.63) is 35.4 Å². The molecule has 0 aromatic heterocycles. The highest BCUT2D eigenvalue weighted by atomic mass is 16.4. The van der Waals surface area contributed by atoms with Crippen LogP contribution in [0.4, 0.5) is 4.79 Å². The third-order valence-electron chi connectivity index (χ3n) is 5.13. The molecule has 2 rings (SSSR count). The van der Waals surface area contributed by atoms with Gasteiger partial charge in [0.15, 0.2) is 0 Å². The predicted octanol–water partition coefficient (Wildman–Crippen LogP) is 2.83. The van der Waals surface area contributed by atoms with E-state index in [2.05, 4.69) is 0 Å². The van der Waals surface area contributed by atoms with Gasteiger partial charge in [-0.1, -0.05) is 44.0 Å². The number of hydrogen-bond acceptors (Lipinski definition) is 3. The molecule has 1 heterocycles. The second-order valence-corrected chi connectivity index (χ2v) is 6.95. The Bertz CT molecular complexity index is 691. The van der Waals surface area contributed by atoms with Crippen molar-refractivity contribution in [2.75, 3.05) is 13.1 Å². The number of benzene rings is 1. The molecular formula is C20H28N2O5. The highest BCUT2D eigenvalue weighted by Gasteiger charge is 2.37. The van der Waals surface area contributed by atoms with Crippen LogP contribution in [-0.4, -0.2) is 57.1 Å². The van der Waals surface area contributed by atoms with Crippen LogP contribution in [0.15, 0.2) is 24.3 Å². The number of carbonyl (C=O) groups excluding carboxylic acids is 1. The molecule has 1 aromatic carbocycles. The maximum atomic E-state index is 13.1. The van der Waals surface area contributed by atoms with Crippen LogP contribution in [0.1, 0.15) is 44.2 Å². The number of carboxylic acids is 2. The third-order valence-corrected chi connectivity index (χ3v) is 5.13. The largest absolute Gasteiger partial charge is 0.481 e. The average molecular weight is 376 g/mol. The van der Waals surface area contributed by atoms with Gasteiger partial charge in [0.1, 0.15) is 6.04 Å². The quantitative estimate of drug-likeness (QED) is 0.727. The van der Waals surface area contributed by atoms with Gasteiger partial charge in [-0.25, -0.2) is 9.59 Å². The van der Waals surface area contributed by atoms with E-state index < -0.39 is 29.9 Å². The van der Waals surface area contributed by atoms with E-state index in [4.69, 9.17) is 0 Å². The first-order chi connectivity index (χ1) is 12.9. The fourth-order valence-corrected chi connectivity index (χ4v) is 3.48. The molecule has 0 bridgehead atoms. The van der Waals surface area contributed by atoms with Crippen molar-refractivity contribution in [3.63, 3.8) is 0 Å². The maximum Gasteiger partial charge on any atom is 0.326 e. The SMILES string of the molecule is CCCC[C@@H](CN(CC)C(=O)N1Cc2ccccc2C[C@H]1C(=O)O)C(=O)O. The Hall–Kier alpha value is -2.57. The molecule has 27 heavy (non-hydrogen) atoms. The Morgan fingerprint density at radius 3 is 2.41 bits per heavy atom. The number of nitrogens with zero attached hydrogens (tertiary/aromatic N) is 2. The molecular weight excluding hydrogens is 348 g/mol. The van der Waals surface area contributed by atoms with Crippen molar-refractivity contribution in [2.24, 2.45) is 5.92 Å². The van der Waals surface area contributed by atoms with E-state index in [1.54, 1.807) is 6.92 Å². The Morgan fingerprint density at radius 2 is 1.85 bits per heavy atom. The summed E-state index contributed by atoms with van der Waals surface area (Å²) in [5.74, 6) is -2.61. The predicted molar refractivity (Wildman–Crippen MR) is 100 cm³/mol. The zero-order valence-electron chi connectivity index (χ0n) is 15.9. The van der Waals surface area contributed by atoms with Crippen molar-refractivity contribution in [1.82, 2.24) is 9.80 Å². The summed E-state index contributed by atoms with van der Waals surface area (Å²) >= 11 is 0. The van der Waals surface area contributed by atoms with Crippen LogP contribution >= 0.6 is 0 Å². The summed E-state index contributed by atoms with van der Waals surface area (Å²) in [5, 5.41) is 19.1. The highest BCUT2D eigenvalue weighted by molar-refractivity contribution is 5.84. The maximum absolute atomic E-state index is 13.1. The van der Waals surface area contributed by atoms with Crippen LogP contribution in [0.25, 0.3) is 0 Å². The van der Waals surface area contributed by atoms with E-state index in [0.29, 0.717) is 13.0 Å². The smallest absolute Gasteiger partial charge is 0.326 e. The van der Waals surface area contributed by atoms with Crippen LogP contribution in [0.2, 0.25) is 0 Å². The lowest BCUT2D eigenvalue weighted by molar-refractivity contribution is -0.144. The number of urea groups is 1. The van der Waals surface area contributed by atoms with Crippen LogP contribution < -0.4 is 0 Å². The van der Waals surface area contributed by atoms with Gasteiger partial charge >= 0.3 is 18.0 Å². The number of unbranched alkanes of at least 4 members (excludes halogenated alkanes) is 1. The zero-order valence-corrected chi connectivity index (χ0v) is 15.9. The van der Waals surface area contributed by atoms with Gasteiger partial charge in [0, 0.05) is 26.1 Å². The zero-order chi connectivity index (χ0) is 20.0. The average Bonchev–Trinajstić information content (AvgIpc) is 2.66. The molecule has 0 saturated carbocycles. The molecule has 1 aliphatic heterocycles. The molecule has 148 valence electrons. The third kappa shape index (κ3) is 4.99. The van der Waals surface area contributed by atoms with E-state index in [9.17, 15) is 24.6 Å². The Kier molecular flexibility index (Phi) is 7.21. The summed E-state index contributed by atoms with van der Waals surface area (Å²) in [6.07, 6.45) is 2.42. The molecule has 7 heteroatoms. The summed E-state index contributed by atoms with van der Waals surface area (Å²) in [6, 6.07) is 6.15. The number of carboxylic acid groups (broad SMARTS) is 2. The lowest BCUT2D eigenvalue weighted by Crippen LogP contribution is -2.54. The molecule has 7 nitrogen and oxygen atoms in total. The van der Waals surface area contributed by atoms with Crippen molar-refractivity contribution < 1.29 is 24.6 Å². The molecule has 2 atom stereocenters. The normalized spacial score (nSPS) is 17.1. The Labute approximate surface area is 159 Å². The first-order valence-corrected chi connectivity index (χ1v) is 9.46. The van der Waals surface area contributed by atoms with Crippen LogP contribution in [-0.2, 0) is 22.6 Å². The minimum atomic E-state index is -1.05. The molecule has 2 amide bonds. The van der Waals surface area contributed by atoms with Gasteiger partial charge in [-0.05, 0) is 24.5 Å². The summed E-state index contributed by atoms with van der Waals surface area (Å²) in [6.45, 7) is 4.41. The number of rotatable bonds is 8. The first-order valence-electron chi connectivity index (χ1n) is 9.46. The minimum absolute atomic E-state index is 0.0924. The molecule has 0 unspecified atom stereocenters. The number of aliphatic carboxylic acids is 2. The molecule has 0 radical (unpaired) electrons. The van der Waals surface area contributed by atoms with Crippen molar-refractivity contribution in [2.45, 2.75) is 52.1 Å². The monoisotopic (exact) mass is 376 g/mol. The number of amides is 2. The number of hydrogen-bond donors (Lipinski definition) is 2. The van der Waals surface area contributed by atoms with Crippen LogP contribution in [0, 0.1) is 5.92 Å². The topological polar surface area (TPSA) is 98.2 Å². The van der Waals surface area contributed by atoms with E-state index in [-0.39, 0.29) is 19.5 Å². The van der Waals surface area contributed by atoms with E-state index in [1.165, 1.54) is 9.80 Å². The van der Waals surface area contributed by atoms with Gasteiger partial charge in [-0.15, -0.1) is 0 Å². The molecule has 0 fully saturated rings. The Morgan fingerprint density at radius 1 is 1.19 bits per heavy atom. The lowest BCUT2D eigenvalue weighted by Gasteiger charge is -2.38. The van der Waals surface area contributed by atoms with Crippen molar-refractivity contribution >= 4 is 18.0 Å². The molecule has 1 aromatic rings. The molecule has 0 aliphatic carbocycles. The van der Waals surface area contributed by atoms with E-state index in [0.717, 1.165) is 24.0 Å². The first kappa shape index (κ1) is 20.7. The highest BCUT2D eigenvalue weighted by Crippen LogP contribution is 2.25. The fourth-order valence-electron chi connectivity index (χ4n) is 3.48. The Balaban J connectivity index is 2.20. The van der Waals surface area contributed by atoms with Gasteiger partial charge < -0.3 is 20.0 Å². The van der Waals surface area contributed by atoms with Gasteiger partial charge in [0.05, 0.1) is 5.92 Å². The van der Waals surface area contributed by atoms with E-state index >= 15 is 0 Å². The lowest BCUT2D eigenvalue weighted by atomic mass is 9.94. The van der Waals surface area contributed by atoms with Gasteiger partial charge in [0.2, 0.25) is 0 Å². The van der Waals surface area contributed by atoms with Gasteiger partial charge in [-0.3, -0.25) is 4.79 Å². The standard InChI is InChI=1S/C20H28N2O5/c1-3-5-8-16(18(23)24)12-21(4-2)20(27)22-13-15-10-7-6-9-14(15)11-17(22)19(25)26/h6-7,9-10,16-17H,3-5,8,11-13H2,1-2H3,(H,23,24)(H,25,26)/t16-,17-/m0/s1. The minimum Gasteiger partial charge on any atom is -0.481 e. The fraction of sp³-hybridized carbons (Fsp3) is 0.550. The molecule has 0 saturated heterocycles. The van der Waals surface area contributed by atoms with E-state index in [1.807, 2.05) is 31.2 Å². The second-order valence-electron chi connectivity index (χ2n) is 6.95. The van der Waals surface area contributed by atoms with Crippen molar-refractivity contribution in [3.8, 4) is 0 Å². The van der Waals surface area contributed by atoms with Crippen LogP contribution in [0.5, 0.6) is 0 Å². The van der Waals surface area contributed by atoms with Crippen molar-refractivity contribution in [1.29, 1.82) is 0 Å². The summed E-state index contributed by atoms with van der Waals surface area (Å²) in [4.78, 5) is 39.2. The number of fused-ring (bicyclic) bond motifs is 1. The van der Waals surface area contributed by atoms with Gasteiger partial charge in [0.25, 0.3) is 0 Å². The summed E-state index contributed by atoms with van der Waals surface area (Å²) < 4.78 is 0. The second kappa shape index (κ2) is 9.39. The van der Waals surface area contributed by atoms with Crippen LogP contribution in [0.3, 0.4) is 0 Å². The number of carbonyl (C=O) groups is 3. The van der Waals surface area contributed by atoms with Gasteiger partial charge in [-0.2, -0.15) is 0 Å². The summed E-state index contributed by atoms with van der Waals surface area (Å²) in [5.41, 5.74) is 1.86. The summed E-state index contributed by atoms with van der Waals surface area (Å²) in [7, 11) is 0. The molecule has 1 aliphatic rings.